The predicted molar refractivity (Wildman–Crippen MR) is 101 cm³/mol. The molecule has 3 aliphatic rings. The summed E-state index contributed by atoms with van der Waals surface area (Å²) in [5, 5.41) is 21.9. The van der Waals surface area contributed by atoms with Gasteiger partial charge in [0.05, 0.1) is 19.4 Å². The lowest BCUT2D eigenvalue weighted by molar-refractivity contribution is -0.156. The number of carbonyl (C=O) groups is 3. The Balaban J connectivity index is 1.64. The van der Waals surface area contributed by atoms with E-state index in [2.05, 4.69) is 10.1 Å². The highest BCUT2D eigenvalue weighted by Crippen LogP contribution is 2.41. The first-order valence-corrected chi connectivity index (χ1v) is 10.1. The Morgan fingerprint density at radius 3 is 2.83 bits per heavy atom. The highest BCUT2D eigenvalue weighted by molar-refractivity contribution is 8.00. The van der Waals surface area contributed by atoms with Crippen molar-refractivity contribution in [2.45, 2.75) is 18.3 Å². The van der Waals surface area contributed by atoms with Crippen molar-refractivity contribution in [2.24, 2.45) is 5.16 Å². The molecule has 0 saturated carbocycles. The summed E-state index contributed by atoms with van der Waals surface area (Å²) in [6.07, 6.45) is 3.00. The summed E-state index contributed by atoms with van der Waals surface area (Å²) in [6, 6.07) is -0.986. The van der Waals surface area contributed by atoms with Crippen LogP contribution in [0.15, 0.2) is 16.4 Å². The van der Waals surface area contributed by atoms with Crippen LogP contribution in [0.4, 0.5) is 0 Å². The van der Waals surface area contributed by atoms with Gasteiger partial charge in [0.25, 0.3) is 5.91 Å². The second-order valence-corrected chi connectivity index (χ2v) is 7.65. The molecule has 1 N–H and O–H groups in total. The molecule has 3 heterocycles. The van der Waals surface area contributed by atoms with Crippen molar-refractivity contribution in [3.8, 4) is 6.19 Å². The van der Waals surface area contributed by atoms with E-state index in [1.54, 1.807) is 6.19 Å². The number of carboxylic acids is 1. The SMILES string of the molecule is CC(=O)N(C#N)[C@@H]1C(=O)N2C(C(=O)O)=C(C=NOCCN3CCOCC3)CS[C@@H]12. The third kappa shape index (κ3) is 4.36. The number of nitrogens with zero attached hydrogens (tertiary/aromatic N) is 5. The summed E-state index contributed by atoms with van der Waals surface area (Å²) in [5.74, 6) is -2.17. The molecule has 0 aromatic rings. The van der Waals surface area contributed by atoms with Crippen LogP contribution in [0.3, 0.4) is 0 Å². The fourth-order valence-corrected chi connectivity index (χ4v) is 4.64. The van der Waals surface area contributed by atoms with Crippen LogP contribution in [0.1, 0.15) is 6.92 Å². The first kappa shape index (κ1) is 21.1. The molecule has 3 rings (SSSR count). The summed E-state index contributed by atoms with van der Waals surface area (Å²) in [7, 11) is 0. The zero-order chi connectivity index (χ0) is 21.0. The van der Waals surface area contributed by atoms with E-state index in [-0.39, 0.29) is 11.4 Å². The van der Waals surface area contributed by atoms with Gasteiger partial charge in [0.15, 0.2) is 12.2 Å². The average molecular weight is 423 g/mol. The van der Waals surface area contributed by atoms with Crippen molar-refractivity contribution in [1.29, 1.82) is 5.26 Å². The maximum atomic E-state index is 12.5. The molecule has 0 aromatic carbocycles. The van der Waals surface area contributed by atoms with Crippen molar-refractivity contribution >= 4 is 35.8 Å². The van der Waals surface area contributed by atoms with Crippen LogP contribution in [0, 0.1) is 11.5 Å². The number of nitriles is 1. The van der Waals surface area contributed by atoms with E-state index in [0.29, 0.717) is 31.9 Å². The lowest BCUT2D eigenvalue weighted by atomic mass is 10.0. The van der Waals surface area contributed by atoms with Crippen molar-refractivity contribution in [3.05, 3.63) is 11.3 Å². The summed E-state index contributed by atoms with van der Waals surface area (Å²) >= 11 is 1.27. The monoisotopic (exact) mass is 423 g/mol. The number of carbonyl (C=O) groups excluding carboxylic acids is 2. The van der Waals surface area contributed by atoms with Gasteiger partial charge < -0.3 is 14.7 Å². The molecule has 156 valence electrons. The minimum atomic E-state index is -1.27. The molecule has 2 saturated heterocycles. The summed E-state index contributed by atoms with van der Waals surface area (Å²) in [6.45, 7) is 5.26. The van der Waals surface area contributed by atoms with E-state index in [1.807, 2.05) is 0 Å². The molecule has 3 aliphatic heterocycles. The molecule has 0 spiro atoms. The van der Waals surface area contributed by atoms with Crippen molar-refractivity contribution in [1.82, 2.24) is 14.7 Å². The Bertz CT molecular complexity index is 788. The number of rotatable bonds is 7. The van der Waals surface area contributed by atoms with Gasteiger partial charge in [-0.1, -0.05) is 5.16 Å². The Morgan fingerprint density at radius 2 is 2.21 bits per heavy atom. The highest BCUT2D eigenvalue weighted by Gasteiger charge is 2.56. The molecular weight excluding hydrogens is 402 g/mol. The number of oxime groups is 1. The van der Waals surface area contributed by atoms with Gasteiger partial charge in [-0.3, -0.25) is 19.4 Å². The standard InChI is InChI=1S/C17H21N5O6S/c1-11(23)21(10-18)14-15(24)22-13(17(25)26)12(9-29-16(14)22)8-19-28-7-4-20-2-5-27-6-3-20/h8,14,16H,2-7,9H2,1H3,(H,25,26)/t14-,16+/m1/s1. The Hall–Kier alpha value is -2.62. The molecule has 2 atom stereocenters. The number of ether oxygens (including phenoxy) is 1. The van der Waals surface area contributed by atoms with Gasteiger partial charge in [-0.25, -0.2) is 9.69 Å². The first-order valence-electron chi connectivity index (χ1n) is 9.01. The summed E-state index contributed by atoms with van der Waals surface area (Å²) in [4.78, 5) is 45.1. The number of fused-ring (bicyclic) bond motifs is 1. The normalized spacial score (nSPS) is 24.7. The number of aliphatic carboxylic acids is 1. The van der Waals surface area contributed by atoms with Crippen molar-refractivity contribution in [3.63, 3.8) is 0 Å². The van der Waals surface area contributed by atoms with E-state index in [1.165, 1.54) is 24.9 Å². The zero-order valence-electron chi connectivity index (χ0n) is 15.8. The van der Waals surface area contributed by atoms with E-state index in [0.717, 1.165) is 22.9 Å². The van der Waals surface area contributed by atoms with Crippen LogP contribution in [0.25, 0.3) is 0 Å². The molecule has 0 bridgehead atoms. The van der Waals surface area contributed by atoms with Gasteiger partial charge in [-0.2, -0.15) is 5.26 Å². The molecule has 0 aromatic heterocycles. The third-order valence-corrected chi connectivity index (χ3v) is 6.07. The van der Waals surface area contributed by atoms with Gasteiger partial charge in [0.2, 0.25) is 5.91 Å². The van der Waals surface area contributed by atoms with Crippen LogP contribution >= 0.6 is 11.8 Å². The Kier molecular flexibility index (Phi) is 6.73. The lowest BCUT2D eigenvalue weighted by Crippen LogP contribution is -2.70. The second kappa shape index (κ2) is 9.25. The fraction of sp³-hybridized carbons (Fsp3) is 0.588. The quantitative estimate of drug-likeness (QED) is 0.140. The van der Waals surface area contributed by atoms with Crippen LogP contribution < -0.4 is 0 Å². The van der Waals surface area contributed by atoms with Gasteiger partial charge >= 0.3 is 5.97 Å². The van der Waals surface area contributed by atoms with Gasteiger partial charge in [0.1, 0.15) is 17.7 Å². The molecular formula is C17H21N5O6S. The molecule has 0 unspecified atom stereocenters. The molecule has 0 radical (unpaired) electrons. The topological polar surface area (TPSA) is 136 Å². The van der Waals surface area contributed by atoms with Crippen molar-refractivity contribution in [2.75, 3.05) is 45.2 Å². The molecule has 12 heteroatoms. The first-order chi connectivity index (χ1) is 14.0. The number of amides is 2. The predicted octanol–water partition coefficient (Wildman–Crippen LogP) is -0.727. The van der Waals surface area contributed by atoms with Crippen LogP contribution in [-0.4, -0.2) is 100 Å². The summed E-state index contributed by atoms with van der Waals surface area (Å²) < 4.78 is 5.27. The van der Waals surface area contributed by atoms with Gasteiger partial charge in [-0.05, 0) is 0 Å². The Labute approximate surface area is 171 Å². The van der Waals surface area contributed by atoms with Crippen LogP contribution in [0.2, 0.25) is 0 Å². The summed E-state index contributed by atoms with van der Waals surface area (Å²) in [5.41, 5.74) is 0.139. The minimum Gasteiger partial charge on any atom is -0.477 e. The van der Waals surface area contributed by atoms with E-state index in [9.17, 15) is 19.5 Å². The van der Waals surface area contributed by atoms with E-state index in [4.69, 9.17) is 14.8 Å². The lowest BCUT2D eigenvalue weighted by Gasteiger charge is -2.50. The maximum absolute atomic E-state index is 12.5. The molecule has 2 amide bonds. The van der Waals surface area contributed by atoms with Crippen molar-refractivity contribution < 1.29 is 29.1 Å². The minimum absolute atomic E-state index is 0.197. The van der Waals surface area contributed by atoms with Gasteiger partial charge in [0, 0.05) is 37.9 Å². The molecule has 0 aliphatic carbocycles. The van der Waals surface area contributed by atoms with Crippen LogP contribution in [0.5, 0.6) is 0 Å². The second-order valence-electron chi connectivity index (χ2n) is 6.54. The van der Waals surface area contributed by atoms with Crippen LogP contribution in [-0.2, 0) is 24.0 Å². The van der Waals surface area contributed by atoms with E-state index >= 15 is 0 Å². The molecule has 11 nitrogen and oxygen atoms in total. The molecule has 2 fully saturated rings. The highest BCUT2D eigenvalue weighted by atomic mass is 32.2. The molecule has 29 heavy (non-hydrogen) atoms. The smallest absolute Gasteiger partial charge is 0.353 e. The average Bonchev–Trinajstić information content (AvgIpc) is 2.71. The maximum Gasteiger partial charge on any atom is 0.353 e. The number of carboxylic acid groups (broad SMARTS) is 1. The number of thioether (sulfide) groups is 1. The van der Waals surface area contributed by atoms with Gasteiger partial charge in [-0.15, -0.1) is 11.8 Å². The fourth-order valence-electron chi connectivity index (χ4n) is 3.30. The Morgan fingerprint density at radius 1 is 1.48 bits per heavy atom. The number of morpholine rings is 1. The zero-order valence-corrected chi connectivity index (χ0v) is 16.6. The number of hydrogen-bond acceptors (Lipinski definition) is 9. The number of β-lactam (4-membered cyclic amide) rings is 1. The largest absolute Gasteiger partial charge is 0.477 e. The third-order valence-electron chi connectivity index (χ3n) is 4.78. The number of hydrogen-bond donors (Lipinski definition) is 1. The van der Waals surface area contributed by atoms with E-state index < -0.39 is 29.2 Å².